The highest BCUT2D eigenvalue weighted by atomic mass is 16.1. The molecule has 0 atom stereocenters. The van der Waals surface area contributed by atoms with Crippen LogP contribution >= 0.6 is 0 Å². The van der Waals surface area contributed by atoms with Crippen LogP contribution in [0.2, 0.25) is 0 Å². The topological polar surface area (TPSA) is 74.2 Å². The fourth-order valence-electron chi connectivity index (χ4n) is 3.13. The standard InChI is InChI=1S/C19H20N6O/c1-14-12-17(22-16-6-2-4-15-5-3-7-20-18(15)16)23-19(21-14)25-10-8-24(13-26)9-11-25/h2-7,12-13H,8-11H2,1H3,(H,21,22,23). The van der Waals surface area contributed by atoms with E-state index in [1.807, 2.05) is 43.3 Å². The van der Waals surface area contributed by atoms with Gasteiger partial charge in [-0.2, -0.15) is 4.98 Å². The van der Waals surface area contributed by atoms with Gasteiger partial charge in [-0.15, -0.1) is 0 Å². The van der Waals surface area contributed by atoms with E-state index >= 15 is 0 Å². The molecule has 1 saturated heterocycles. The molecular weight excluding hydrogens is 328 g/mol. The van der Waals surface area contributed by atoms with E-state index in [4.69, 9.17) is 0 Å². The predicted molar refractivity (Wildman–Crippen MR) is 102 cm³/mol. The molecule has 4 rings (SSSR count). The Kier molecular flexibility index (Phi) is 4.35. The second kappa shape index (κ2) is 6.95. The summed E-state index contributed by atoms with van der Waals surface area (Å²) >= 11 is 0. The maximum absolute atomic E-state index is 10.9. The summed E-state index contributed by atoms with van der Waals surface area (Å²) in [5.74, 6) is 1.43. The Balaban J connectivity index is 1.61. The maximum Gasteiger partial charge on any atom is 0.227 e. The number of aromatic nitrogens is 3. The predicted octanol–water partition coefficient (Wildman–Crippen LogP) is 2.36. The van der Waals surface area contributed by atoms with Gasteiger partial charge in [-0.1, -0.05) is 18.2 Å². The third kappa shape index (κ3) is 3.28. The van der Waals surface area contributed by atoms with Crippen molar-refractivity contribution in [3.05, 3.63) is 48.3 Å². The Bertz CT molecular complexity index is 931. The Morgan fingerprint density at radius 2 is 1.88 bits per heavy atom. The SMILES string of the molecule is Cc1cc(Nc2cccc3cccnc23)nc(N2CCN(C=O)CC2)n1. The number of pyridine rings is 1. The van der Waals surface area contributed by atoms with E-state index in [0.29, 0.717) is 19.0 Å². The van der Waals surface area contributed by atoms with Crippen molar-refractivity contribution in [3.63, 3.8) is 0 Å². The van der Waals surface area contributed by atoms with Crippen LogP contribution in [0.3, 0.4) is 0 Å². The van der Waals surface area contributed by atoms with Gasteiger partial charge in [0.15, 0.2) is 0 Å². The minimum absolute atomic E-state index is 0.686. The van der Waals surface area contributed by atoms with Crippen LogP contribution in [-0.2, 0) is 4.79 Å². The second-order valence-electron chi connectivity index (χ2n) is 6.33. The summed E-state index contributed by atoms with van der Waals surface area (Å²) in [6.07, 6.45) is 2.69. The van der Waals surface area contributed by atoms with Gasteiger partial charge in [0, 0.05) is 49.5 Å². The molecule has 0 bridgehead atoms. The average molecular weight is 348 g/mol. The van der Waals surface area contributed by atoms with E-state index in [1.54, 1.807) is 11.1 Å². The highest BCUT2D eigenvalue weighted by molar-refractivity contribution is 5.91. The lowest BCUT2D eigenvalue weighted by Crippen LogP contribution is -2.46. The van der Waals surface area contributed by atoms with Gasteiger partial charge in [0.05, 0.1) is 11.2 Å². The molecule has 0 saturated carbocycles. The first kappa shape index (κ1) is 16.3. The summed E-state index contributed by atoms with van der Waals surface area (Å²) in [7, 11) is 0. The van der Waals surface area contributed by atoms with Gasteiger partial charge in [0.2, 0.25) is 12.4 Å². The molecule has 1 aliphatic rings. The van der Waals surface area contributed by atoms with Gasteiger partial charge < -0.3 is 15.1 Å². The number of carbonyl (C=O) groups is 1. The van der Waals surface area contributed by atoms with Crippen LogP contribution in [0.15, 0.2) is 42.6 Å². The fraction of sp³-hybridized carbons (Fsp3) is 0.263. The summed E-state index contributed by atoms with van der Waals surface area (Å²) in [5, 5.41) is 4.46. The number of anilines is 3. The van der Waals surface area contributed by atoms with Crippen LogP contribution < -0.4 is 10.2 Å². The maximum atomic E-state index is 10.9. The van der Waals surface area contributed by atoms with Gasteiger partial charge in [0.25, 0.3) is 0 Å². The van der Waals surface area contributed by atoms with Gasteiger partial charge in [-0.3, -0.25) is 9.78 Å². The van der Waals surface area contributed by atoms with Gasteiger partial charge in [-0.25, -0.2) is 4.98 Å². The van der Waals surface area contributed by atoms with Crippen LogP contribution in [0.5, 0.6) is 0 Å². The zero-order valence-electron chi connectivity index (χ0n) is 14.6. The van der Waals surface area contributed by atoms with Gasteiger partial charge in [0.1, 0.15) is 5.82 Å². The summed E-state index contributed by atoms with van der Waals surface area (Å²) in [6.45, 7) is 4.81. The number of carbonyl (C=O) groups excluding carboxylic acids is 1. The molecule has 0 radical (unpaired) electrons. The van der Waals surface area contributed by atoms with Crippen LogP contribution in [0.25, 0.3) is 10.9 Å². The molecule has 1 amide bonds. The van der Waals surface area contributed by atoms with E-state index in [9.17, 15) is 4.79 Å². The Morgan fingerprint density at radius 1 is 1.08 bits per heavy atom. The number of fused-ring (bicyclic) bond motifs is 1. The molecule has 0 aliphatic carbocycles. The van der Waals surface area contributed by atoms with Crippen molar-refractivity contribution in [2.45, 2.75) is 6.92 Å². The number of benzene rings is 1. The first-order valence-corrected chi connectivity index (χ1v) is 8.64. The normalized spacial score (nSPS) is 14.5. The molecule has 7 heteroatoms. The largest absolute Gasteiger partial charge is 0.342 e. The van der Waals surface area contributed by atoms with E-state index in [1.165, 1.54) is 0 Å². The van der Waals surface area contributed by atoms with Crippen molar-refractivity contribution in [3.8, 4) is 0 Å². The zero-order chi connectivity index (χ0) is 17.9. The van der Waals surface area contributed by atoms with Crippen LogP contribution in [0, 0.1) is 6.92 Å². The highest BCUT2D eigenvalue weighted by Crippen LogP contribution is 2.25. The number of aryl methyl sites for hydroxylation is 1. The number of hydrogen-bond acceptors (Lipinski definition) is 6. The van der Waals surface area contributed by atoms with Crippen LogP contribution in [-0.4, -0.2) is 52.4 Å². The molecule has 0 unspecified atom stereocenters. The molecular formula is C19H20N6O. The minimum Gasteiger partial charge on any atom is -0.342 e. The molecule has 26 heavy (non-hydrogen) atoms. The second-order valence-corrected chi connectivity index (χ2v) is 6.33. The number of para-hydroxylation sites is 1. The fourth-order valence-corrected chi connectivity index (χ4v) is 3.13. The molecule has 132 valence electrons. The number of nitrogens with zero attached hydrogens (tertiary/aromatic N) is 5. The van der Waals surface area contributed by atoms with Crippen molar-refractivity contribution in [1.29, 1.82) is 0 Å². The molecule has 0 spiro atoms. The lowest BCUT2D eigenvalue weighted by molar-refractivity contribution is -0.118. The average Bonchev–Trinajstić information content (AvgIpc) is 2.68. The van der Waals surface area contributed by atoms with Crippen molar-refractivity contribution >= 4 is 34.8 Å². The van der Waals surface area contributed by atoms with Gasteiger partial charge in [-0.05, 0) is 19.1 Å². The molecule has 1 fully saturated rings. The van der Waals surface area contributed by atoms with Crippen molar-refractivity contribution in [2.24, 2.45) is 0 Å². The summed E-state index contributed by atoms with van der Waals surface area (Å²) in [6, 6.07) is 11.9. The smallest absolute Gasteiger partial charge is 0.227 e. The monoisotopic (exact) mass is 348 g/mol. The first-order valence-electron chi connectivity index (χ1n) is 8.64. The number of rotatable bonds is 4. The molecule has 7 nitrogen and oxygen atoms in total. The van der Waals surface area contributed by atoms with Crippen LogP contribution in [0.1, 0.15) is 5.69 Å². The quantitative estimate of drug-likeness (QED) is 0.730. The zero-order valence-corrected chi connectivity index (χ0v) is 14.6. The van der Waals surface area contributed by atoms with E-state index in [0.717, 1.165) is 47.6 Å². The highest BCUT2D eigenvalue weighted by Gasteiger charge is 2.18. The molecule has 1 N–H and O–H groups in total. The molecule has 1 aromatic carbocycles. The summed E-state index contributed by atoms with van der Waals surface area (Å²) in [5.41, 5.74) is 2.72. The van der Waals surface area contributed by atoms with E-state index in [2.05, 4.69) is 25.2 Å². The minimum atomic E-state index is 0.686. The third-order valence-corrected chi connectivity index (χ3v) is 4.48. The lowest BCUT2D eigenvalue weighted by atomic mass is 10.2. The number of hydrogen-bond donors (Lipinski definition) is 1. The molecule has 1 aliphatic heterocycles. The van der Waals surface area contributed by atoms with E-state index in [-0.39, 0.29) is 0 Å². The summed E-state index contributed by atoms with van der Waals surface area (Å²) < 4.78 is 0. The Morgan fingerprint density at radius 3 is 2.69 bits per heavy atom. The lowest BCUT2D eigenvalue weighted by Gasteiger charge is -2.32. The van der Waals surface area contributed by atoms with Gasteiger partial charge >= 0.3 is 0 Å². The van der Waals surface area contributed by atoms with Crippen molar-refractivity contribution in [1.82, 2.24) is 19.9 Å². The Labute approximate surface area is 151 Å². The number of nitrogens with one attached hydrogen (secondary N) is 1. The van der Waals surface area contributed by atoms with Crippen LogP contribution in [0.4, 0.5) is 17.5 Å². The third-order valence-electron chi connectivity index (χ3n) is 4.48. The summed E-state index contributed by atoms with van der Waals surface area (Å²) in [4.78, 5) is 28.5. The molecule has 3 aromatic rings. The number of piperazine rings is 1. The van der Waals surface area contributed by atoms with E-state index < -0.39 is 0 Å². The van der Waals surface area contributed by atoms with Crippen molar-refractivity contribution < 1.29 is 4.79 Å². The van der Waals surface area contributed by atoms with Crippen molar-refractivity contribution in [2.75, 3.05) is 36.4 Å². The number of amides is 1. The molecule has 3 heterocycles. The Hall–Kier alpha value is -3.22. The first-order chi connectivity index (χ1) is 12.7. The molecule has 2 aromatic heterocycles.